The summed E-state index contributed by atoms with van der Waals surface area (Å²) in [6.45, 7) is 7.37. The van der Waals surface area contributed by atoms with Crippen LogP contribution in [0.25, 0.3) is 16.2 Å². The zero-order valence-electron chi connectivity index (χ0n) is 18.4. The number of fused-ring (bicyclic) bond motifs is 1. The van der Waals surface area contributed by atoms with Gasteiger partial charge in [0.25, 0.3) is 6.43 Å². The number of halogens is 2. The Morgan fingerprint density at radius 1 is 1.21 bits per heavy atom. The van der Waals surface area contributed by atoms with E-state index in [1.54, 1.807) is 6.07 Å². The van der Waals surface area contributed by atoms with Gasteiger partial charge in [-0.25, -0.2) is 26.9 Å². The van der Waals surface area contributed by atoms with Gasteiger partial charge in [-0.15, -0.1) is 10.2 Å². The van der Waals surface area contributed by atoms with Crippen molar-refractivity contribution in [2.24, 2.45) is 0 Å². The van der Waals surface area contributed by atoms with Gasteiger partial charge in [-0.2, -0.15) is 0 Å². The predicted molar refractivity (Wildman–Crippen MR) is 122 cm³/mol. The molecule has 0 spiro atoms. The topological polar surface area (TPSA) is 105 Å². The Kier molecular flexibility index (Phi) is 5.42. The Hall–Kier alpha value is -2.22. The zero-order valence-corrected chi connectivity index (χ0v) is 20.1. The number of piperazine rings is 1. The number of aromatic nitrogens is 4. The molecule has 1 aromatic carbocycles. The van der Waals surface area contributed by atoms with E-state index >= 15 is 0 Å². The van der Waals surface area contributed by atoms with E-state index in [1.165, 1.54) is 17.0 Å². The summed E-state index contributed by atoms with van der Waals surface area (Å²) in [7, 11) is -3.81. The van der Waals surface area contributed by atoms with Crippen molar-refractivity contribution in [3.63, 3.8) is 0 Å². The van der Waals surface area contributed by atoms with Gasteiger partial charge >= 0.3 is 0 Å². The first-order chi connectivity index (χ1) is 15.5. The van der Waals surface area contributed by atoms with E-state index in [4.69, 9.17) is 0 Å². The van der Waals surface area contributed by atoms with Crippen molar-refractivity contribution in [1.29, 1.82) is 0 Å². The van der Waals surface area contributed by atoms with Crippen LogP contribution in [0.5, 0.6) is 0 Å². The lowest BCUT2D eigenvalue weighted by Gasteiger charge is -2.38. The van der Waals surface area contributed by atoms with Gasteiger partial charge in [0.1, 0.15) is 11.8 Å². The summed E-state index contributed by atoms with van der Waals surface area (Å²) < 4.78 is 57.0. The number of nitrogens with one attached hydrogen (secondary N) is 2. The Morgan fingerprint density at radius 3 is 2.52 bits per heavy atom. The Morgan fingerprint density at radius 2 is 1.91 bits per heavy atom. The number of hydrogen-bond donors (Lipinski definition) is 2. The Balaban J connectivity index is 1.67. The summed E-state index contributed by atoms with van der Waals surface area (Å²) in [6.07, 6.45) is 0.316. The molecule has 3 heterocycles. The molecule has 0 bridgehead atoms. The summed E-state index contributed by atoms with van der Waals surface area (Å²) >= 11 is 0.751. The molecule has 2 aliphatic rings. The summed E-state index contributed by atoms with van der Waals surface area (Å²) in [5.74, 6) is 0. The average molecular weight is 498 g/mol. The van der Waals surface area contributed by atoms with Gasteiger partial charge < -0.3 is 10.2 Å². The van der Waals surface area contributed by atoms with E-state index in [1.807, 2.05) is 6.92 Å². The Bertz CT molecular complexity index is 1290. The minimum absolute atomic E-state index is 0.109. The number of alkyl halides is 2. The van der Waals surface area contributed by atoms with Crippen LogP contribution >= 0.6 is 11.3 Å². The van der Waals surface area contributed by atoms with Gasteiger partial charge in [0.05, 0.1) is 16.1 Å². The number of sulfonamides is 1. The van der Waals surface area contributed by atoms with Crippen molar-refractivity contribution in [2.45, 2.75) is 62.6 Å². The monoisotopic (exact) mass is 497 g/mol. The maximum absolute atomic E-state index is 13.3. The fourth-order valence-electron chi connectivity index (χ4n) is 4.23. The lowest BCUT2D eigenvalue weighted by atomic mass is 10.1. The molecule has 1 saturated carbocycles. The maximum atomic E-state index is 13.3. The molecular weight excluding hydrogens is 472 g/mol. The fourth-order valence-corrected chi connectivity index (χ4v) is 6.42. The van der Waals surface area contributed by atoms with Crippen molar-refractivity contribution in [1.82, 2.24) is 29.8 Å². The average Bonchev–Trinajstić information content (AvgIpc) is 3.14. The zero-order chi connectivity index (χ0) is 23.5. The van der Waals surface area contributed by atoms with Crippen molar-refractivity contribution in [3.05, 3.63) is 23.5 Å². The molecule has 5 rings (SSSR count). The normalized spacial score (nSPS) is 22.9. The van der Waals surface area contributed by atoms with Crippen LogP contribution in [0, 0.1) is 0 Å². The van der Waals surface area contributed by atoms with E-state index in [0.717, 1.165) is 24.2 Å². The molecule has 1 aliphatic carbocycles. The van der Waals surface area contributed by atoms with E-state index in [-0.39, 0.29) is 22.1 Å². The summed E-state index contributed by atoms with van der Waals surface area (Å²) in [4.78, 5) is 6.75. The highest BCUT2D eigenvalue weighted by Gasteiger charge is 2.41. The molecule has 2 aromatic heterocycles. The molecule has 0 radical (unpaired) electrons. The van der Waals surface area contributed by atoms with E-state index in [0.29, 0.717) is 29.8 Å². The molecule has 9 nitrogen and oxygen atoms in total. The second-order valence-electron chi connectivity index (χ2n) is 9.19. The quantitative estimate of drug-likeness (QED) is 0.540. The highest BCUT2D eigenvalue weighted by atomic mass is 32.2. The first-order valence-electron chi connectivity index (χ1n) is 10.7. The minimum atomic E-state index is -3.81. The van der Waals surface area contributed by atoms with E-state index in [9.17, 15) is 17.2 Å². The molecule has 2 fully saturated rings. The first kappa shape index (κ1) is 22.6. The van der Waals surface area contributed by atoms with Crippen molar-refractivity contribution < 1.29 is 17.2 Å². The summed E-state index contributed by atoms with van der Waals surface area (Å²) in [5, 5.41) is 10.7. The standard InChI is InChI=1S/C20H25F2N7O2S2/c1-11-8-28(9-12(2)24-11)14-6-13(33(30,31)27-20(3)4-5-20)7-15-16(14)23-10-29(15)19-26-25-18(32-19)17(21)22/h6-7,10-12,17,24,27H,4-5,8-9H2,1-3H3/t11-,12-/m0/s1. The van der Waals surface area contributed by atoms with E-state index in [2.05, 4.69) is 44.0 Å². The van der Waals surface area contributed by atoms with Crippen molar-refractivity contribution >= 4 is 38.1 Å². The molecular formula is C20H25F2N7O2S2. The van der Waals surface area contributed by atoms with Gasteiger partial charge in [-0.3, -0.25) is 4.57 Å². The first-order valence-corrected chi connectivity index (χ1v) is 13.0. The van der Waals surface area contributed by atoms with Crippen LogP contribution in [0.2, 0.25) is 0 Å². The number of imidazole rings is 1. The number of nitrogens with zero attached hydrogens (tertiary/aromatic N) is 5. The number of hydrogen-bond acceptors (Lipinski definition) is 8. The van der Waals surface area contributed by atoms with Gasteiger partial charge in [0, 0.05) is 30.7 Å². The largest absolute Gasteiger partial charge is 0.367 e. The van der Waals surface area contributed by atoms with Crippen LogP contribution in [-0.4, -0.2) is 58.9 Å². The molecule has 2 atom stereocenters. The van der Waals surface area contributed by atoms with E-state index < -0.39 is 27.0 Å². The molecule has 0 amide bonds. The third kappa shape index (κ3) is 4.34. The summed E-state index contributed by atoms with van der Waals surface area (Å²) in [5.41, 5.74) is 1.31. The van der Waals surface area contributed by atoms with Crippen LogP contribution in [0.1, 0.15) is 45.0 Å². The van der Waals surface area contributed by atoms with Crippen LogP contribution in [0.4, 0.5) is 14.5 Å². The molecule has 0 unspecified atom stereocenters. The van der Waals surface area contributed by atoms with Crippen LogP contribution in [-0.2, 0) is 10.0 Å². The molecule has 2 N–H and O–H groups in total. The smallest absolute Gasteiger partial charge is 0.291 e. The van der Waals surface area contributed by atoms with Gasteiger partial charge in [-0.05, 0) is 45.7 Å². The molecule has 178 valence electrons. The van der Waals surface area contributed by atoms with Crippen molar-refractivity contribution in [3.8, 4) is 5.13 Å². The van der Waals surface area contributed by atoms with Crippen LogP contribution in [0.15, 0.2) is 23.4 Å². The molecule has 13 heteroatoms. The highest BCUT2D eigenvalue weighted by molar-refractivity contribution is 7.89. The SMILES string of the molecule is C[C@H]1CN(c2cc(S(=O)(=O)NC3(C)CC3)cc3c2ncn3-c2nnc(C(F)F)s2)C[C@H](C)N1. The predicted octanol–water partition coefficient (Wildman–Crippen LogP) is 2.83. The number of anilines is 1. The van der Waals surface area contributed by atoms with Crippen LogP contribution in [0.3, 0.4) is 0 Å². The second-order valence-corrected chi connectivity index (χ2v) is 11.9. The maximum Gasteiger partial charge on any atom is 0.291 e. The molecule has 3 aromatic rings. The third-order valence-corrected chi connectivity index (χ3v) is 8.56. The highest BCUT2D eigenvalue weighted by Crippen LogP contribution is 2.38. The Labute approximate surface area is 194 Å². The van der Waals surface area contributed by atoms with Gasteiger partial charge in [0.15, 0.2) is 5.01 Å². The van der Waals surface area contributed by atoms with Crippen LogP contribution < -0.4 is 14.9 Å². The molecule has 1 aliphatic heterocycles. The fraction of sp³-hybridized carbons (Fsp3) is 0.550. The lowest BCUT2D eigenvalue weighted by molar-refractivity contribution is 0.150. The van der Waals surface area contributed by atoms with Crippen molar-refractivity contribution in [2.75, 3.05) is 18.0 Å². The third-order valence-electron chi connectivity index (χ3n) is 6.02. The molecule has 1 saturated heterocycles. The molecule has 33 heavy (non-hydrogen) atoms. The number of benzene rings is 1. The second kappa shape index (κ2) is 7.93. The van der Waals surface area contributed by atoms with Gasteiger partial charge in [0.2, 0.25) is 15.2 Å². The number of rotatable bonds is 6. The van der Waals surface area contributed by atoms with Gasteiger partial charge in [-0.1, -0.05) is 11.3 Å². The summed E-state index contributed by atoms with van der Waals surface area (Å²) in [6, 6.07) is 3.58. The lowest BCUT2D eigenvalue weighted by Crippen LogP contribution is -2.54. The minimum Gasteiger partial charge on any atom is -0.367 e.